The van der Waals surface area contributed by atoms with Crippen LogP contribution in [0.1, 0.15) is 29.6 Å². The van der Waals surface area contributed by atoms with E-state index in [4.69, 9.17) is 16.9 Å². The molecule has 1 aliphatic rings. The Hall–Kier alpha value is -1.53. The molecule has 1 fully saturated rings. The lowest BCUT2D eigenvalue weighted by molar-refractivity contribution is 0.0670. The summed E-state index contributed by atoms with van der Waals surface area (Å²) in [4.78, 5) is 13.9. The molecule has 4 heteroatoms. The second-order valence-corrected chi connectivity index (χ2v) is 4.58. The average molecular weight is 249 g/mol. The van der Waals surface area contributed by atoms with Crippen LogP contribution in [0.5, 0.6) is 0 Å². The first-order valence-electron chi connectivity index (χ1n) is 5.68. The van der Waals surface area contributed by atoms with Crippen LogP contribution in [-0.2, 0) is 0 Å². The first-order valence-corrected chi connectivity index (χ1v) is 6.06. The molecule has 0 N–H and O–H groups in total. The Morgan fingerprint density at radius 2 is 2.06 bits per heavy atom. The van der Waals surface area contributed by atoms with E-state index in [1.54, 1.807) is 29.2 Å². The summed E-state index contributed by atoms with van der Waals surface area (Å²) in [6, 6.07) is 8.70. The fourth-order valence-electron chi connectivity index (χ4n) is 2.07. The molecule has 17 heavy (non-hydrogen) atoms. The summed E-state index contributed by atoms with van der Waals surface area (Å²) >= 11 is 5.78. The monoisotopic (exact) mass is 248 g/mol. The summed E-state index contributed by atoms with van der Waals surface area (Å²) in [5, 5.41) is 9.64. The van der Waals surface area contributed by atoms with Crippen molar-refractivity contribution in [1.29, 1.82) is 5.26 Å². The van der Waals surface area contributed by atoms with Crippen LogP contribution >= 0.6 is 11.6 Å². The lowest BCUT2D eigenvalue weighted by Crippen LogP contribution is -2.42. The molecule has 1 aliphatic heterocycles. The third-order valence-electron chi connectivity index (χ3n) is 3.00. The summed E-state index contributed by atoms with van der Waals surface area (Å²) in [6.07, 6.45) is 2.76. The van der Waals surface area contributed by atoms with Crippen molar-refractivity contribution in [2.45, 2.75) is 25.3 Å². The standard InChI is InChI=1S/C13H13ClN2O/c14-11-6-4-10(5-7-11)13(17)16-8-2-1-3-12(16)9-15/h4-7,12H,1-3,8H2. The van der Waals surface area contributed by atoms with E-state index in [1.807, 2.05) is 0 Å². The van der Waals surface area contributed by atoms with E-state index < -0.39 is 0 Å². The van der Waals surface area contributed by atoms with Gasteiger partial charge in [-0.2, -0.15) is 5.26 Å². The van der Waals surface area contributed by atoms with Crippen LogP contribution in [0.25, 0.3) is 0 Å². The molecule has 1 atom stereocenters. The predicted molar refractivity (Wildman–Crippen MR) is 65.7 cm³/mol. The molecule has 0 aromatic heterocycles. The van der Waals surface area contributed by atoms with Crippen molar-refractivity contribution in [1.82, 2.24) is 4.90 Å². The highest BCUT2D eigenvalue weighted by Gasteiger charge is 2.26. The fraction of sp³-hybridized carbons (Fsp3) is 0.385. The van der Waals surface area contributed by atoms with E-state index in [0.717, 1.165) is 19.3 Å². The Kier molecular flexibility index (Phi) is 3.65. The van der Waals surface area contributed by atoms with Gasteiger partial charge in [-0.3, -0.25) is 4.79 Å². The van der Waals surface area contributed by atoms with Crippen LogP contribution < -0.4 is 0 Å². The lowest BCUT2D eigenvalue weighted by Gasteiger charge is -2.31. The van der Waals surface area contributed by atoms with E-state index in [9.17, 15) is 4.79 Å². The van der Waals surface area contributed by atoms with Gasteiger partial charge < -0.3 is 4.90 Å². The Labute approximate surface area is 106 Å². The van der Waals surface area contributed by atoms with Crippen LogP contribution in [0.4, 0.5) is 0 Å². The highest BCUT2D eigenvalue weighted by molar-refractivity contribution is 6.30. The highest BCUT2D eigenvalue weighted by atomic mass is 35.5. The quantitative estimate of drug-likeness (QED) is 0.767. The van der Waals surface area contributed by atoms with Gasteiger partial charge >= 0.3 is 0 Å². The molecule has 0 aliphatic carbocycles. The van der Waals surface area contributed by atoms with Crippen molar-refractivity contribution in [2.75, 3.05) is 6.54 Å². The van der Waals surface area contributed by atoms with Crippen LogP contribution in [0.2, 0.25) is 5.02 Å². The first-order chi connectivity index (χ1) is 8.22. The number of hydrogen-bond donors (Lipinski definition) is 0. The van der Waals surface area contributed by atoms with Crippen LogP contribution in [-0.4, -0.2) is 23.4 Å². The Balaban J connectivity index is 2.18. The summed E-state index contributed by atoms with van der Waals surface area (Å²) in [5.74, 6) is -0.0760. The van der Waals surface area contributed by atoms with Crippen LogP contribution in [0, 0.1) is 11.3 Å². The largest absolute Gasteiger partial charge is 0.323 e. The lowest BCUT2D eigenvalue weighted by atomic mass is 10.0. The molecule has 1 amide bonds. The van der Waals surface area contributed by atoms with Gasteiger partial charge in [-0.15, -0.1) is 0 Å². The zero-order valence-electron chi connectivity index (χ0n) is 9.40. The topological polar surface area (TPSA) is 44.1 Å². The number of hydrogen-bond acceptors (Lipinski definition) is 2. The number of likely N-dealkylation sites (tertiary alicyclic amines) is 1. The smallest absolute Gasteiger partial charge is 0.254 e. The van der Waals surface area contributed by atoms with Crippen LogP contribution in [0.3, 0.4) is 0 Å². The molecule has 0 saturated carbocycles. The molecule has 1 unspecified atom stereocenters. The number of nitrogens with zero attached hydrogens (tertiary/aromatic N) is 2. The molecule has 1 aromatic carbocycles. The Morgan fingerprint density at radius 1 is 1.35 bits per heavy atom. The second kappa shape index (κ2) is 5.20. The minimum absolute atomic E-state index is 0.0760. The highest BCUT2D eigenvalue weighted by Crippen LogP contribution is 2.20. The molecular weight excluding hydrogens is 236 g/mol. The third-order valence-corrected chi connectivity index (χ3v) is 3.26. The minimum atomic E-state index is -0.285. The zero-order valence-corrected chi connectivity index (χ0v) is 10.2. The maximum Gasteiger partial charge on any atom is 0.254 e. The number of amides is 1. The van der Waals surface area contributed by atoms with Crippen molar-refractivity contribution in [3.8, 4) is 6.07 Å². The zero-order chi connectivity index (χ0) is 12.3. The number of halogens is 1. The molecular formula is C13H13ClN2O. The van der Waals surface area contributed by atoms with Gasteiger partial charge in [-0.05, 0) is 43.5 Å². The molecule has 2 rings (SSSR count). The van der Waals surface area contributed by atoms with Gasteiger partial charge in [0.2, 0.25) is 0 Å². The van der Waals surface area contributed by atoms with Crippen LogP contribution in [0.15, 0.2) is 24.3 Å². The van der Waals surface area contributed by atoms with Crippen molar-refractivity contribution in [3.05, 3.63) is 34.9 Å². The van der Waals surface area contributed by atoms with Gasteiger partial charge in [0.25, 0.3) is 5.91 Å². The van der Waals surface area contributed by atoms with Crippen molar-refractivity contribution in [2.24, 2.45) is 0 Å². The van der Waals surface area contributed by atoms with Gasteiger partial charge in [-0.25, -0.2) is 0 Å². The van der Waals surface area contributed by atoms with Gasteiger partial charge in [0.1, 0.15) is 6.04 Å². The molecule has 0 spiro atoms. The second-order valence-electron chi connectivity index (χ2n) is 4.15. The Morgan fingerprint density at radius 3 is 2.71 bits per heavy atom. The van der Waals surface area contributed by atoms with Crippen molar-refractivity contribution in [3.63, 3.8) is 0 Å². The van der Waals surface area contributed by atoms with E-state index >= 15 is 0 Å². The number of carbonyl (C=O) groups excluding carboxylic acids is 1. The van der Waals surface area contributed by atoms with E-state index in [-0.39, 0.29) is 11.9 Å². The predicted octanol–water partition coefficient (Wildman–Crippen LogP) is 2.86. The van der Waals surface area contributed by atoms with E-state index in [1.165, 1.54) is 0 Å². The molecule has 0 radical (unpaired) electrons. The number of piperidine rings is 1. The third kappa shape index (κ3) is 2.59. The average Bonchev–Trinajstić information content (AvgIpc) is 2.39. The molecule has 3 nitrogen and oxygen atoms in total. The normalized spacial score (nSPS) is 19.8. The van der Waals surface area contributed by atoms with E-state index in [0.29, 0.717) is 17.1 Å². The molecule has 1 heterocycles. The Bertz CT molecular complexity index is 449. The SMILES string of the molecule is N#CC1CCCCN1C(=O)c1ccc(Cl)cc1. The summed E-state index contributed by atoms with van der Waals surface area (Å²) < 4.78 is 0. The molecule has 1 aromatic rings. The van der Waals surface area contributed by atoms with Gasteiger partial charge in [0.05, 0.1) is 6.07 Å². The number of nitriles is 1. The number of carbonyl (C=O) groups is 1. The molecule has 0 bridgehead atoms. The molecule has 88 valence electrons. The maximum absolute atomic E-state index is 12.2. The summed E-state index contributed by atoms with van der Waals surface area (Å²) in [7, 11) is 0. The van der Waals surface area contributed by atoms with E-state index in [2.05, 4.69) is 6.07 Å². The maximum atomic E-state index is 12.2. The number of rotatable bonds is 1. The van der Waals surface area contributed by atoms with Gasteiger partial charge in [0, 0.05) is 17.1 Å². The first kappa shape index (κ1) is 11.9. The minimum Gasteiger partial charge on any atom is -0.323 e. The molecule has 1 saturated heterocycles. The van der Waals surface area contributed by atoms with Crippen molar-refractivity contribution >= 4 is 17.5 Å². The van der Waals surface area contributed by atoms with Crippen molar-refractivity contribution < 1.29 is 4.79 Å². The summed E-state index contributed by atoms with van der Waals surface area (Å²) in [5.41, 5.74) is 0.594. The van der Waals surface area contributed by atoms with Gasteiger partial charge in [-0.1, -0.05) is 11.6 Å². The summed E-state index contributed by atoms with van der Waals surface area (Å²) in [6.45, 7) is 0.666. The van der Waals surface area contributed by atoms with Gasteiger partial charge in [0.15, 0.2) is 0 Å². The number of benzene rings is 1. The fourth-order valence-corrected chi connectivity index (χ4v) is 2.19.